The topological polar surface area (TPSA) is 70.0 Å². The quantitative estimate of drug-likeness (QED) is 0.878. The van der Waals surface area contributed by atoms with Crippen molar-refractivity contribution in [3.8, 4) is 0 Å². The van der Waals surface area contributed by atoms with Crippen LogP contribution in [-0.2, 0) is 9.59 Å². The van der Waals surface area contributed by atoms with Crippen molar-refractivity contribution in [1.82, 2.24) is 0 Å². The Hall–Kier alpha value is -1.53. The number of carboxylic acids is 1. The summed E-state index contributed by atoms with van der Waals surface area (Å²) in [5.41, 5.74) is 1.48. The number of carbonyl (C=O) groups excluding carboxylic acids is 1. The van der Waals surface area contributed by atoms with E-state index in [1.54, 1.807) is 6.07 Å². The summed E-state index contributed by atoms with van der Waals surface area (Å²) in [6.45, 7) is 1.89. The van der Waals surface area contributed by atoms with Gasteiger partial charge in [0.15, 0.2) is 5.17 Å². The molecule has 1 aliphatic heterocycles. The second kappa shape index (κ2) is 7.15. The van der Waals surface area contributed by atoms with E-state index in [2.05, 4.69) is 0 Å². The number of hydrogen-bond acceptors (Lipinski definition) is 4. The first kappa shape index (κ1) is 17.3. The Morgan fingerprint density at radius 1 is 1.42 bits per heavy atom. The number of aliphatic carboxylic acids is 1. The van der Waals surface area contributed by atoms with Gasteiger partial charge in [-0.25, -0.2) is 0 Å². The molecule has 1 unspecified atom stereocenters. The number of carboxylic acid groups (broad SMARTS) is 1. The highest BCUT2D eigenvalue weighted by molar-refractivity contribution is 8.16. The van der Waals surface area contributed by atoms with Crippen molar-refractivity contribution in [2.45, 2.75) is 50.3 Å². The van der Waals surface area contributed by atoms with Crippen LogP contribution in [0.3, 0.4) is 0 Å². The van der Waals surface area contributed by atoms with Gasteiger partial charge in [0, 0.05) is 0 Å². The smallest absolute Gasteiger partial charge is 0.305 e. The molecule has 1 heterocycles. The number of thioether (sulfide) groups is 1. The highest BCUT2D eigenvalue weighted by Crippen LogP contribution is 2.39. The number of amides is 1. The first-order chi connectivity index (χ1) is 11.5. The molecule has 5 nitrogen and oxygen atoms in total. The molecule has 128 valence electrons. The zero-order chi connectivity index (χ0) is 17.3. The third-order valence-electron chi connectivity index (χ3n) is 4.32. The molecule has 1 N–H and O–H groups in total. The number of amidine groups is 1. The van der Waals surface area contributed by atoms with E-state index in [1.807, 2.05) is 19.1 Å². The molecule has 1 amide bonds. The first-order valence-corrected chi connectivity index (χ1v) is 9.28. The van der Waals surface area contributed by atoms with Gasteiger partial charge in [-0.15, -0.1) is 0 Å². The van der Waals surface area contributed by atoms with Gasteiger partial charge in [0.25, 0.3) is 0 Å². The average Bonchev–Trinajstić information content (AvgIpc) is 3.10. The van der Waals surface area contributed by atoms with E-state index in [0.717, 1.165) is 31.2 Å². The Bertz CT molecular complexity index is 681. The molecule has 1 atom stereocenters. The maximum atomic E-state index is 12.8. The zero-order valence-electron chi connectivity index (χ0n) is 13.4. The third-order valence-corrected chi connectivity index (χ3v) is 5.78. The molecule has 7 heteroatoms. The molecular weight excluding hydrogens is 348 g/mol. The molecular formula is C17H19ClN2O3S. The molecule has 0 aromatic heterocycles. The molecule has 1 saturated heterocycles. The van der Waals surface area contributed by atoms with E-state index in [4.69, 9.17) is 21.7 Å². The van der Waals surface area contributed by atoms with Crippen molar-refractivity contribution in [2.24, 2.45) is 4.99 Å². The first-order valence-electron chi connectivity index (χ1n) is 8.02. The molecule has 1 saturated carbocycles. The van der Waals surface area contributed by atoms with Crippen LogP contribution < -0.4 is 4.90 Å². The predicted molar refractivity (Wildman–Crippen MR) is 97.0 cm³/mol. The molecule has 0 spiro atoms. The van der Waals surface area contributed by atoms with Gasteiger partial charge in [-0.1, -0.05) is 48.3 Å². The monoisotopic (exact) mass is 366 g/mol. The molecule has 1 aromatic rings. The van der Waals surface area contributed by atoms with Crippen molar-refractivity contribution in [3.05, 3.63) is 28.8 Å². The molecule has 3 rings (SSSR count). The molecule has 1 aliphatic carbocycles. The van der Waals surface area contributed by atoms with E-state index < -0.39 is 11.2 Å². The van der Waals surface area contributed by atoms with Crippen molar-refractivity contribution >= 4 is 46.1 Å². The van der Waals surface area contributed by atoms with Crippen LogP contribution in [0.5, 0.6) is 0 Å². The van der Waals surface area contributed by atoms with Gasteiger partial charge in [0.2, 0.25) is 5.91 Å². The molecule has 1 aromatic carbocycles. The fraction of sp³-hybridized carbons (Fsp3) is 0.471. The summed E-state index contributed by atoms with van der Waals surface area (Å²) in [6.07, 6.45) is 4.09. The van der Waals surface area contributed by atoms with Crippen LogP contribution in [0.15, 0.2) is 23.2 Å². The van der Waals surface area contributed by atoms with Crippen molar-refractivity contribution in [2.75, 3.05) is 4.90 Å². The van der Waals surface area contributed by atoms with Gasteiger partial charge in [-0.05, 0) is 31.4 Å². The number of rotatable bonds is 4. The van der Waals surface area contributed by atoms with E-state index in [1.165, 1.54) is 16.7 Å². The Kier molecular flexibility index (Phi) is 5.15. The number of anilines is 1. The minimum absolute atomic E-state index is 0.203. The normalized spacial score (nSPS) is 23.4. The van der Waals surface area contributed by atoms with Crippen LogP contribution in [0.4, 0.5) is 5.69 Å². The standard InChI is InChI=1S/C17H19ClN2O3S/c1-10-5-4-8-12(18)15(10)20-16(23)13(9-14(21)22)24-17(20)19-11-6-2-3-7-11/h4-5,8,11,13H,2-3,6-7,9H2,1H3,(H,21,22). The van der Waals surface area contributed by atoms with Crippen molar-refractivity contribution in [1.29, 1.82) is 0 Å². The molecule has 0 radical (unpaired) electrons. The summed E-state index contributed by atoms with van der Waals surface area (Å²) in [6, 6.07) is 5.66. The van der Waals surface area contributed by atoms with Crippen LogP contribution >= 0.6 is 23.4 Å². The van der Waals surface area contributed by atoms with Crippen LogP contribution in [0.1, 0.15) is 37.7 Å². The number of halogens is 1. The van der Waals surface area contributed by atoms with Crippen LogP contribution in [0, 0.1) is 6.92 Å². The number of aryl methyl sites for hydroxylation is 1. The maximum Gasteiger partial charge on any atom is 0.305 e. The Labute approximate surface area is 150 Å². The lowest BCUT2D eigenvalue weighted by molar-refractivity contribution is -0.138. The van der Waals surface area contributed by atoms with E-state index >= 15 is 0 Å². The van der Waals surface area contributed by atoms with Gasteiger partial charge >= 0.3 is 5.97 Å². The molecule has 2 fully saturated rings. The number of carbonyl (C=O) groups is 2. The summed E-state index contributed by atoms with van der Waals surface area (Å²) in [5.74, 6) is -1.24. The Balaban J connectivity index is 2.01. The van der Waals surface area contributed by atoms with Gasteiger partial charge in [-0.3, -0.25) is 19.5 Å². The summed E-state index contributed by atoms with van der Waals surface area (Å²) in [5, 5.41) is 9.47. The minimum Gasteiger partial charge on any atom is -0.481 e. The summed E-state index contributed by atoms with van der Waals surface area (Å²) in [7, 11) is 0. The van der Waals surface area contributed by atoms with Crippen LogP contribution in [0.2, 0.25) is 5.02 Å². The van der Waals surface area contributed by atoms with Gasteiger partial charge in [-0.2, -0.15) is 0 Å². The molecule has 2 aliphatic rings. The van der Waals surface area contributed by atoms with E-state index in [9.17, 15) is 9.59 Å². The van der Waals surface area contributed by atoms with Crippen LogP contribution in [0.25, 0.3) is 0 Å². The van der Waals surface area contributed by atoms with E-state index in [-0.39, 0.29) is 18.4 Å². The second-order valence-electron chi connectivity index (χ2n) is 6.13. The summed E-state index contributed by atoms with van der Waals surface area (Å²) >= 11 is 7.58. The van der Waals surface area contributed by atoms with Gasteiger partial charge < -0.3 is 5.11 Å². The summed E-state index contributed by atoms with van der Waals surface area (Å²) < 4.78 is 0. The Morgan fingerprint density at radius 2 is 2.12 bits per heavy atom. The number of aliphatic imine (C=N–C) groups is 1. The Morgan fingerprint density at radius 3 is 2.75 bits per heavy atom. The lowest BCUT2D eigenvalue weighted by Crippen LogP contribution is -2.34. The second-order valence-corrected chi connectivity index (χ2v) is 7.71. The van der Waals surface area contributed by atoms with Crippen LogP contribution in [-0.4, -0.2) is 33.4 Å². The molecule has 24 heavy (non-hydrogen) atoms. The van der Waals surface area contributed by atoms with Gasteiger partial charge in [0.05, 0.1) is 23.2 Å². The predicted octanol–water partition coefficient (Wildman–Crippen LogP) is 3.87. The maximum absolute atomic E-state index is 12.8. The largest absolute Gasteiger partial charge is 0.481 e. The minimum atomic E-state index is -0.987. The number of nitrogens with zero attached hydrogens (tertiary/aromatic N) is 2. The number of benzene rings is 1. The third kappa shape index (κ3) is 3.44. The highest BCUT2D eigenvalue weighted by Gasteiger charge is 2.41. The number of hydrogen-bond donors (Lipinski definition) is 1. The van der Waals surface area contributed by atoms with Crippen molar-refractivity contribution in [3.63, 3.8) is 0 Å². The zero-order valence-corrected chi connectivity index (χ0v) is 14.9. The lowest BCUT2D eigenvalue weighted by Gasteiger charge is -2.21. The van der Waals surface area contributed by atoms with E-state index in [0.29, 0.717) is 15.9 Å². The highest BCUT2D eigenvalue weighted by atomic mass is 35.5. The average molecular weight is 367 g/mol. The van der Waals surface area contributed by atoms with Gasteiger partial charge in [0.1, 0.15) is 5.25 Å². The SMILES string of the molecule is Cc1cccc(Cl)c1N1C(=O)C(CC(=O)O)SC1=NC1CCCC1. The molecule has 0 bridgehead atoms. The fourth-order valence-corrected chi connectivity index (χ4v) is 4.64. The van der Waals surface area contributed by atoms with Crippen molar-refractivity contribution < 1.29 is 14.7 Å². The number of para-hydroxylation sites is 1. The lowest BCUT2D eigenvalue weighted by atomic mass is 10.1. The fourth-order valence-electron chi connectivity index (χ4n) is 3.15. The summed E-state index contributed by atoms with van der Waals surface area (Å²) in [4.78, 5) is 30.2.